The van der Waals surface area contributed by atoms with Gasteiger partial charge in [0, 0.05) is 29.2 Å². The zero-order valence-electron chi connectivity index (χ0n) is 9.55. The second kappa shape index (κ2) is 3.78. The number of anilines is 1. The first kappa shape index (κ1) is 10.9. The third-order valence-corrected chi connectivity index (χ3v) is 3.75. The van der Waals surface area contributed by atoms with Crippen molar-refractivity contribution in [2.45, 2.75) is 27.2 Å². The number of rotatable bonds is 2. The van der Waals surface area contributed by atoms with Gasteiger partial charge in [-0.25, -0.2) is 4.98 Å². The Balaban J connectivity index is 2.13. The summed E-state index contributed by atoms with van der Waals surface area (Å²) in [6.45, 7) is 9.00. The van der Waals surface area contributed by atoms with Crippen LogP contribution in [0.3, 0.4) is 0 Å². The number of nitrogens with zero attached hydrogens (tertiary/aromatic N) is 2. The minimum absolute atomic E-state index is 0.501. The number of hydrogen-bond acceptors (Lipinski definition) is 2. The second-order valence-electron chi connectivity index (χ2n) is 4.81. The van der Waals surface area contributed by atoms with Crippen LogP contribution in [0.1, 0.15) is 25.8 Å². The quantitative estimate of drug-likeness (QED) is 0.818. The van der Waals surface area contributed by atoms with Gasteiger partial charge < -0.3 is 4.90 Å². The van der Waals surface area contributed by atoms with Gasteiger partial charge in [0.15, 0.2) is 0 Å². The van der Waals surface area contributed by atoms with Crippen molar-refractivity contribution in [3.05, 3.63) is 22.3 Å². The van der Waals surface area contributed by atoms with Gasteiger partial charge in [-0.1, -0.05) is 13.8 Å². The molecule has 2 heterocycles. The number of aromatic nitrogens is 1. The van der Waals surface area contributed by atoms with Crippen LogP contribution in [0.5, 0.6) is 0 Å². The summed E-state index contributed by atoms with van der Waals surface area (Å²) in [7, 11) is 0. The van der Waals surface area contributed by atoms with Gasteiger partial charge in [0.1, 0.15) is 5.82 Å². The van der Waals surface area contributed by atoms with Gasteiger partial charge in [-0.15, -0.1) is 0 Å². The Morgan fingerprint density at radius 1 is 1.53 bits per heavy atom. The van der Waals surface area contributed by atoms with Gasteiger partial charge in [0.25, 0.3) is 0 Å². The predicted octanol–water partition coefficient (Wildman–Crippen LogP) is 3.39. The molecule has 3 heteroatoms. The highest BCUT2D eigenvalue weighted by molar-refractivity contribution is 9.10. The molecule has 0 atom stereocenters. The van der Waals surface area contributed by atoms with E-state index in [0.717, 1.165) is 23.4 Å². The molecule has 0 N–H and O–H groups in total. The highest BCUT2D eigenvalue weighted by atomic mass is 79.9. The zero-order valence-corrected chi connectivity index (χ0v) is 11.1. The summed E-state index contributed by atoms with van der Waals surface area (Å²) in [5, 5.41) is 0. The number of halogens is 1. The maximum atomic E-state index is 4.48. The molecular formula is C12H17BrN2. The molecule has 1 aromatic rings. The van der Waals surface area contributed by atoms with Gasteiger partial charge in [-0.2, -0.15) is 0 Å². The van der Waals surface area contributed by atoms with Crippen LogP contribution in [0.2, 0.25) is 0 Å². The Morgan fingerprint density at radius 3 is 2.73 bits per heavy atom. The fourth-order valence-corrected chi connectivity index (χ4v) is 2.56. The first-order valence-corrected chi connectivity index (χ1v) is 6.20. The van der Waals surface area contributed by atoms with Crippen molar-refractivity contribution in [3.8, 4) is 0 Å². The van der Waals surface area contributed by atoms with E-state index in [1.807, 2.05) is 6.20 Å². The summed E-state index contributed by atoms with van der Waals surface area (Å²) >= 11 is 3.44. The van der Waals surface area contributed by atoms with E-state index >= 15 is 0 Å². The highest BCUT2D eigenvalue weighted by Gasteiger charge is 2.38. The normalized spacial score (nSPS) is 18.8. The van der Waals surface area contributed by atoms with Crippen LogP contribution in [0.15, 0.2) is 16.7 Å². The monoisotopic (exact) mass is 268 g/mol. The summed E-state index contributed by atoms with van der Waals surface area (Å²) in [4.78, 5) is 6.85. The molecule has 0 spiro atoms. The molecule has 1 fully saturated rings. The maximum Gasteiger partial charge on any atom is 0.131 e. The van der Waals surface area contributed by atoms with Crippen LogP contribution in [-0.4, -0.2) is 18.1 Å². The lowest BCUT2D eigenvalue weighted by molar-refractivity contribution is 0.232. The molecule has 2 rings (SSSR count). The molecule has 0 amide bonds. The molecule has 0 aliphatic carbocycles. The summed E-state index contributed by atoms with van der Waals surface area (Å²) in [5.41, 5.74) is 1.75. The fourth-order valence-electron chi connectivity index (χ4n) is 2.11. The molecule has 0 aromatic carbocycles. The molecule has 0 saturated carbocycles. The first-order valence-electron chi connectivity index (χ1n) is 5.41. The number of pyridine rings is 1. The van der Waals surface area contributed by atoms with Crippen LogP contribution >= 0.6 is 15.9 Å². The van der Waals surface area contributed by atoms with Crippen molar-refractivity contribution in [2.75, 3.05) is 18.0 Å². The third-order valence-electron chi connectivity index (χ3n) is 3.32. The van der Waals surface area contributed by atoms with Crippen molar-refractivity contribution in [1.29, 1.82) is 0 Å². The average Bonchev–Trinajstić information content (AvgIpc) is 2.14. The standard InChI is InChI=1S/C12H17BrN2/c1-4-12(3)7-15(8-12)11-9(2)5-10(13)6-14-11/h5-6H,4,7-8H2,1-3H3. The van der Waals surface area contributed by atoms with Crippen molar-refractivity contribution in [2.24, 2.45) is 5.41 Å². The van der Waals surface area contributed by atoms with Gasteiger partial charge >= 0.3 is 0 Å². The topological polar surface area (TPSA) is 16.1 Å². The smallest absolute Gasteiger partial charge is 0.131 e. The summed E-state index contributed by atoms with van der Waals surface area (Å²) < 4.78 is 1.06. The average molecular weight is 269 g/mol. The molecule has 0 unspecified atom stereocenters. The van der Waals surface area contributed by atoms with E-state index in [1.165, 1.54) is 12.0 Å². The van der Waals surface area contributed by atoms with Gasteiger partial charge in [0.2, 0.25) is 0 Å². The van der Waals surface area contributed by atoms with Crippen LogP contribution < -0.4 is 4.90 Å². The fraction of sp³-hybridized carbons (Fsp3) is 0.583. The molecule has 82 valence electrons. The van der Waals surface area contributed by atoms with Crippen LogP contribution in [-0.2, 0) is 0 Å². The summed E-state index contributed by atoms with van der Waals surface area (Å²) in [6.07, 6.45) is 3.13. The molecule has 2 nitrogen and oxygen atoms in total. The summed E-state index contributed by atoms with van der Waals surface area (Å²) in [6, 6.07) is 2.13. The molecule has 1 saturated heterocycles. The molecule has 15 heavy (non-hydrogen) atoms. The zero-order chi connectivity index (χ0) is 11.1. The van der Waals surface area contributed by atoms with Crippen LogP contribution in [0, 0.1) is 12.3 Å². The molecule has 0 bridgehead atoms. The molecule has 1 aliphatic rings. The van der Waals surface area contributed by atoms with Crippen molar-refractivity contribution < 1.29 is 0 Å². The molecular weight excluding hydrogens is 252 g/mol. The maximum absolute atomic E-state index is 4.48. The second-order valence-corrected chi connectivity index (χ2v) is 5.73. The lowest BCUT2D eigenvalue weighted by atomic mass is 9.79. The van der Waals surface area contributed by atoms with Crippen molar-refractivity contribution in [1.82, 2.24) is 4.98 Å². The highest BCUT2D eigenvalue weighted by Crippen LogP contribution is 2.37. The van der Waals surface area contributed by atoms with E-state index in [9.17, 15) is 0 Å². The van der Waals surface area contributed by atoms with E-state index < -0.39 is 0 Å². The Kier molecular flexibility index (Phi) is 2.75. The Bertz CT molecular complexity index is 370. The Hall–Kier alpha value is -0.570. The van der Waals surface area contributed by atoms with E-state index in [2.05, 4.69) is 52.7 Å². The number of aryl methyl sites for hydroxylation is 1. The van der Waals surface area contributed by atoms with Crippen LogP contribution in [0.4, 0.5) is 5.82 Å². The van der Waals surface area contributed by atoms with E-state index in [-0.39, 0.29) is 0 Å². The lowest BCUT2D eigenvalue weighted by Gasteiger charge is -2.49. The van der Waals surface area contributed by atoms with Gasteiger partial charge in [-0.3, -0.25) is 0 Å². The SMILES string of the molecule is CCC1(C)CN(c2ncc(Br)cc2C)C1. The van der Waals surface area contributed by atoms with Crippen molar-refractivity contribution >= 4 is 21.7 Å². The van der Waals surface area contributed by atoms with E-state index in [1.54, 1.807) is 0 Å². The third kappa shape index (κ3) is 2.03. The Labute approximate surface area is 99.8 Å². The van der Waals surface area contributed by atoms with Crippen LogP contribution in [0.25, 0.3) is 0 Å². The molecule has 0 radical (unpaired) electrons. The van der Waals surface area contributed by atoms with E-state index in [0.29, 0.717) is 5.41 Å². The van der Waals surface area contributed by atoms with Crippen molar-refractivity contribution in [3.63, 3.8) is 0 Å². The molecule has 1 aliphatic heterocycles. The lowest BCUT2D eigenvalue weighted by Crippen LogP contribution is -2.55. The minimum atomic E-state index is 0.501. The van der Waals surface area contributed by atoms with E-state index in [4.69, 9.17) is 0 Å². The van der Waals surface area contributed by atoms with Gasteiger partial charge in [0.05, 0.1) is 0 Å². The predicted molar refractivity (Wildman–Crippen MR) is 67.3 cm³/mol. The molecule has 1 aromatic heterocycles. The van der Waals surface area contributed by atoms with Gasteiger partial charge in [-0.05, 0) is 40.9 Å². The number of hydrogen-bond donors (Lipinski definition) is 0. The minimum Gasteiger partial charge on any atom is -0.355 e. The summed E-state index contributed by atoms with van der Waals surface area (Å²) in [5.74, 6) is 1.14. The largest absolute Gasteiger partial charge is 0.355 e. The Morgan fingerprint density at radius 2 is 2.20 bits per heavy atom. The first-order chi connectivity index (χ1) is 7.04.